The van der Waals surface area contributed by atoms with Gasteiger partial charge in [-0.05, 0) is 37.7 Å². The Bertz CT molecular complexity index is 360. The second-order valence-corrected chi connectivity index (χ2v) is 5.58. The van der Waals surface area contributed by atoms with Gasteiger partial charge in [0.25, 0.3) is 0 Å². The zero-order valence-corrected chi connectivity index (χ0v) is 13.0. The van der Waals surface area contributed by atoms with Gasteiger partial charge in [0.15, 0.2) is 0 Å². The van der Waals surface area contributed by atoms with Crippen LogP contribution < -0.4 is 5.73 Å². The van der Waals surface area contributed by atoms with Crippen molar-refractivity contribution in [3.63, 3.8) is 0 Å². The van der Waals surface area contributed by atoms with E-state index in [-0.39, 0.29) is 6.04 Å². The minimum atomic E-state index is 0.143. The zero-order valence-electron chi connectivity index (χ0n) is 12.2. The lowest BCUT2D eigenvalue weighted by Gasteiger charge is -2.12. The summed E-state index contributed by atoms with van der Waals surface area (Å²) in [6, 6.07) is 0.143. The van der Waals surface area contributed by atoms with Crippen molar-refractivity contribution in [1.82, 2.24) is 9.78 Å². The van der Waals surface area contributed by atoms with Crippen molar-refractivity contribution < 1.29 is 0 Å². The molecular formula is C14H27N3S. The number of thioether (sulfide) groups is 1. The fraction of sp³-hybridized carbons (Fsp3) is 0.786. The van der Waals surface area contributed by atoms with E-state index < -0.39 is 0 Å². The quantitative estimate of drug-likeness (QED) is 0.737. The van der Waals surface area contributed by atoms with E-state index in [0.717, 1.165) is 25.8 Å². The van der Waals surface area contributed by atoms with E-state index in [1.807, 2.05) is 11.8 Å². The minimum absolute atomic E-state index is 0.143. The van der Waals surface area contributed by atoms with Crippen LogP contribution in [0.1, 0.15) is 56.6 Å². The van der Waals surface area contributed by atoms with E-state index in [2.05, 4.69) is 31.7 Å². The third kappa shape index (κ3) is 3.51. The zero-order chi connectivity index (χ0) is 13.5. The summed E-state index contributed by atoms with van der Waals surface area (Å²) in [6.07, 6.45) is 6.32. The fourth-order valence-electron chi connectivity index (χ4n) is 2.38. The topological polar surface area (TPSA) is 43.8 Å². The molecule has 1 rings (SSSR count). The Kier molecular flexibility index (Phi) is 6.79. The maximum atomic E-state index is 6.26. The summed E-state index contributed by atoms with van der Waals surface area (Å²) in [5.41, 5.74) is 10.1. The largest absolute Gasteiger partial charge is 0.324 e. The molecule has 0 amide bonds. The van der Waals surface area contributed by atoms with Crippen LogP contribution in [0.3, 0.4) is 0 Å². The van der Waals surface area contributed by atoms with E-state index >= 15 is 0 Å². The fourth-order valence-corrected chi connectivity index (χ4v) is 2.79. The SMILES string of the molecule is CCc1nn(CCCSC)c(CC)c1C(N)CC. The lowest BCUT2D eigenvalue weighted by molar-refractivity contribution is 0.571. The molecule has 0 radical (unpaired) electrons. The van der Waals surface area contributed by atoms with Crippen LogP contribution >= 0.6 is 11.8 Å². The Morgan fingerprint density at radius 3 is 2.50 bits per heavy atom. The first-order chi connectivity index (χ1) is 8.69. The van der Waals surface area contributed by atoms with Crippen LogP contribution in [-0.4, -0.2) is 21.8 Å². The summed E-state index contributed by atoms with van der Waals surface area (Å²) in [6.45, 7) is 7.54. The molecule has 0 aromatic carbocycles. The van der Waals surface area contributed by atoms with Gasteiger partial charge in [0.1, 0.15) is 0 Å². The Morgan fingerprint density at radius 1 is 1.28 bits per heavy atom. The summed E-state index contributed by atoms with van der Waals surface area (Å²) < 4.78 is 2.19. The van der Waals surface area contributed by atoms with Crippen molar-refractivity contribution >= 4 is 11.8 Å². The molecule has 1 unspecified atom stereocenters. The van der Waals surface area contributed by atoms with Gasteiger partial charge in [-0.15, -0.1) is 0 Å². The summed E-state index contributed by atoms with van der Waals surface area (Å²) in [7, 11) is 0. The van der Waals surface area contributed by atoms with Crippen LogP contribution in [0.5, 0.6) is 0 Å². The molecule has 0 aliphatic rings. The third-order valence-electron chi connectivity index (χ3n) is 3.37. The van der Waals surface area contributed by atoms with Crippen LogP contribution in [0.15, 0.2) is 0 Å². The smallest absolute Gasteiger partial charge is 0.0672 e. The molecule has 104 valence electrons. The number of hydrogen-bond donors (Lipinski definition) is 1. The first-order valence-corrected chi connectivity index (χ1v) is 8.41. The molecule has 0 spiro atoms. The van der Waals surface area contributed by atoms with Crippen LogP contribution in [0.25, 0.3) is 0 Å². The van der Waals surface area contributed by atoms with Crippen LogP contribution in [0.2, 0.25) is 0 Å². The van der Waals surface area contributed by atoms with Crippen molar-refractivity contribution in [2.24, 2.45) is 5.73 Å². The third-order valence-corrected chi connectivity index (χ3v) is 4.07. The molecule has 0 aliphatic heterocycles. The first-order valence-electron chi connectivity index (χ1n) is 7.02. The molecule has 1 aromatic rings. The maximum absolute atomic E-state index is 6.26. The highest BCUT2D eigenvalue weighted by atomic mass is 32.2. The second kappa shape index (κ2) is 7.85. The minimum Gasteiger partial charge on any atom is -0.324 e. The molecule has 1 atom stereocenters. The Hall–Kier alpha value is -0.480. The number of aromatic nitrogens is 2. The summed E-state index contributed by atoms with van der Waals surface area (Å²) in [5, 5.41) is 4.77. The number of nitrogens with zero attached hydrogens (tertiary/aromatic N) is 2. The number of hydrogen-bond acceptors (Lipinski definition) is 3. The second-order valence-electron chi connectivity index (χ2n) is 4.60. The van der Waals surface area contributed by atoms with Gasteiger partial charge in [-0.3, -0.25) is 4.68 Å². The molecule has 18 heavy (non-hydrogen) atoms. The Morgan fingerprint density at radius 2 is 2.00 bits per heavy atom. The Labute approximate surface area is 116 Å². The predicted octanol–water partition coefficient (Wildman–Crippen LogP) is 3.17. The van der Waals surface area contributed by atoms with Crippen LogP contribution in [0, 0.1) is 0 Å². The molecule has 0 saturated heterocycles. The maximum Gasteiger partial charge on any atom is 0.0672 e. The lowest BCUT2D eigenvalue weighted by Crippen LogP contribution is -2.13. The van der Waals surface area contributed by atoms with Gasteiger partial charge in [0.2, 0.25) is 0 Å². The van der Waals surface area contributed by atoms with E-state index in [1.54, 1.807) is 0 Å². The average molecular weight is 269 g/mol. The van der Waals surface area contributed by atoms with Gasteiger partial charge in [0, 0.05) is 23.8 Å². The molecular weight excluding hydrogens is 242 g/mol. The van der Waals surface area contributed by atoms with Gasteiger partial charge in [0.05, 0.1) is 5.69 Å². The molecule has 1 aromatic heterocycles. The number of nitrogens with two attached hydrogens (primary N) is 1. The molecule has 1 heterocycles. The molecule has 4 heteroatoms. The molecule has 3 nitrogen and oxygen atoms in total. The first kappa shape index (κ1) is 15.6. The van der Waals surface area contributed by atoms with Crippen molar-refractivity contribution in [3.05, 3.63) is 17.0 Å². The van der Waals surface area contributed by atoms with Gasteiger partial charge in [-0.25, -0.2) is 0 Å². The molecule has 0 aliphatic carbocycles. The van der Waals surface area contributed by atoms with E-state index in [0.29, 0.717) is 0 Å². The van der Waals surface area contributed by atoms with Gasteiger partial charge in [-0.1, -0.05) is 20.8 Å². The predicted molar refractivity (Wildman–Crippen MR) is 81.2 cm³/mol. The summed E-state index contributed by atoms with van der Waals surface area (Å²) >= 11 is 1.90. The molecule has 2 N–H and O–H groups in total. The van der Waals surface area contributed by atoms with Crippen molar-refractivity contribution in [1.29, 1.82) is 0 Å². The van der Waals surface area contributed by atoms with Crippen molar-refractivity contribution in [2.45, 2.75) is 59.0 Å². The number of rotatable bonds is 8. The molecule has 0 saturated carbocycles. The summed E-state index contributed by atoms with van der Waals surface area (Å²) in [4.78, 5) is 0. The van der Waals surface area contributed by atoms with Gasteiger partial charge in [-0.2, -0.15) is 16.9 Å². The van der Waals surface area contributed by atoms with E-state index in [4.69, 9.17) is 10.8 Å². The highest BCUT2D eigenvalue weighted by Gasteiger charge is 2.19. The monoisotopic (exact) mass is 269 g/mol. The Balaban J connectivity index is 3.00. The van der Waals surface area contributed by atoms with Crippen molar-refractivity contribution in [2.75, 3.05) is 12.0 Å². The van der Waals surface area contributed by atoms with Crippen LogP contribution in [0.4, 0.5) is 0 Å². The highest BCUT2D eigenvalue weighted by Crippen LogP contribution is 2.24. The molecule has 0 fully saturated rings. The lowest BCUT2D eigenvalue weighted by atomic mass is 10.00. The highest BCUT2D eigenvalue weighted by molar-refractivity contribution is 7.98. The van der Waals surface area contributed by atoms with Gasteiger partial charge >= 0.3 is 0 Å². The van der Waals surface area contributed by atoms with Gasteiger partial charge < -0.3 is 5.73 Å². The van der Waals surface area contributed by atoms with E-state index in [1.165, 1.54) is 29.1 Å². The average Bonchev–Trinajstić information content (AvgIpc) is 2.75. The van der Waals surface area contributed by atoms with Crippen molar-refractivity contribution in [3.8, 4) is 0 Å². The number of aryl methyl sites for hydroxylation is 2. The summed E-state index contributed by atoms with van der Waals surface area (Å²) in [5.74, 6) is 1.19. The van der Waals surface area contributed by atoms with Crippen LogP contribution in [-0.2, 0) is 19.4 Å². The normalized spacial score (nSPS) is 12.9. The van der Waals surface area contributed by atoms with E-state index in [9.17, 15) is 0 Å². The standard InChI is InChI=1S/C14H27N3S/c1-5-11(15)14-12(6-2)16-17(13(14)7-3)9-8-10-18-4/h11H,5-10,15H2,1-4H3. The molecule has 0 bridgehead atoms.